The van der Waals surface area contributed by atoms with Crippen molar-refractivity contribution in [2.75, 3.05) is 17.2 Å². The molecule has 164 valence electrons. The maximum atomic E-state index is 12.4. The van der Waals surface area contributed by atoms with Gasteiger partial charge in [-0.05, 0) is 55.0 Å². The lowest BCUT2D eigenvalue weighted by atomic mass is 10.1. The molecule has 0 saturated carbocycles. The number of aryl methyl sites for hydroxylation is 2. The molecule has 2 heterocycles. The van der Waals surface area contributed by atoms with Gasteiger partial charge in [0.15, 0.2) is 0 Å². The van der Waals surface area contributed by atoms with Crippen molar-refractivity contribution < 1.29 is 9.53 Å². The molecule has 0 aliphatic rings. The number of amides is 2. The number of imidazole rings is 1. The van der Waals surface area contributed by atoms with E-state index in [0.29, 0.717) is 23.0 Å². The van der Waals surface area contributed by atoms with Gasteiger partial charge in [0.25, 0.3) is 0 Å². The lowest BCUT2D eigenvalue weighted by Gasteiger charge is -2.15. The SMILES string of the molecule is Cn1nccc1-c1cc(NC(=O)Nc2ccc(Cl)cc2)ccc1OCCCn1ccnc1. The first kappa shape index (κ1) is 21.5. The quantitative estimate of drug-likeness (QED) is 0.368. The first-order chi connectivity index (χ1) is 15.6. The van der Waals surface area contributed by atoms with Gasteiger partial charge in [0.2, 0.25) is 0 Å². The number of ether oxygens (including phenoxy) is 1. The number of hydrogen-bond acceptors (Lipinski definition) is 4. The normalized spacial score (nSPS) is 10.7. The third-order valence-corrected chi connectivity index (χ3v) is 5.07. The molecule has 0 saturated heterocycles. The van der Waals surface area contributed by atoms with E-state index in [2.05, 4.69) is 20.7 Å². The highest BCUT2D eigenvalue weighted by atomic mass is 35.5. The van der Waals surface area contributed by atoms with Crippen LogP contribution in [0.25, 0.3) is 11.3 Å². The maximum absolute atomic E-state index is 12.4. The van der Waals surface area contributed by atoms with Crippen LogP contribution < -0.4 is 15.4 Å². The van der Waals surface area contributed by atoms with Crippen molar-refractivity contribution in [1.29, 1.82) is 0 Å². The molecule has 8 nitrogen and oxygen atoms in total. The summed E-state index contributed by atoms with van der Waals surface area (Å²) in [6.45, 7) is 1.37. The number of rotatable bonds is 8. The Morgan fingerprint density at radius 3 is 2.56 bits per heavy atom. The van der Waals surface area contributed by atoms with Gasteiger partial charge in [0.05, 0.1) is 18.6 Å². The molecule has 0 aliphatic carbocycles. The molecule has 0 atom stereocenters. The average Bonchev–Trinajstić information content (AvgIpc) is 3.45. The Morgan fingerprint density at radius 2 is 1.84 bits per heavy atom. The predicted molar refractivity (Wildman–Crippen MR) is 125 cm³/mol. The minimum Gasteiger partial charge on any atom is -0.493 e. The lowest BCUT2D eigenvalue weighted by molar-refractivity contribution is 0.262. The summed E-state index contributed by atoms with van der Waals surface area (Å²) in [6.07, 6.45) is 8.04. The van der Waals surface area contributed by atoms with Gasteiger partial charge >= 0.3 is 6.03 Å². The largest absolute Gasteiger partial charge is 0.493 e. The van der Waals surface area contributed by atoms with Crippen LogP contribution >= 0.6 is 11.6 Å². The fraction of sp³-hybridized carbons (Fsp3) is 0.174. The van der Waals surface area contributed by atoms with Crippen LogP contribution in [0.2, 0.25) is 5.02 Å². The molecule has 2 aromatic carbocycles. The fourth-order valence-electron chi connectivity index (χ4n) is 3.25. The second kappa shape index (κ2) is 10.0. The Labute approximate surface area is 190 Å². The van der Waals surface area contributed by atoms with E-state index in [0.717, 1.165) is 30.0 Å². The molecule has 2 aromatic heterocycles. The molecule has 9 heteroatoms. The number of benzene rings is 2. The number of nitrogens with one attached hydrogen (secondary N) is 2. The van der Waals surface area contributed by atoms with E-state index in [1.54, 1.807) is 47.7 Å². The Balaban J connectivity index is 1.46. The summed E-state index contributed by atoms with van der Waals surface area (Å²) in [4.78, 5) is 16.5. The van der Waals surface area contributed by atoms with Crippen LogP contribution in [0.5, 0.6) is 5.75 Å². The van der Waals surface area contributed by atoms with E-state index < -0.39 is 0 Å². The van der Waals surface area contributed by atoms with Gasteiger partial charge < -0.3 is 19.9 Å². The predicted octanol–water partition coefficient (Wildman–Crippen LogP) is 5.05. The number of carbonyl (C=O) groups is 1. The number of urea groups is 1. The van der Waals surface area contributed by atoms with Crippen molar-refractivity contribution >= 4 is 29.0 Å². The highest BCUT2D eigenvalue weighted by Gasteiger charge is 2.13. The summed E-state index contributed by atoms with van der Waals surface area (Å²) < 4.78 is 9.85. The number of anilines is 2. The Morgan fingerprint density at radius 1 is 1.06 bits per heavy atom. The summed E-state index contributed by atoms with van der Waals surface area (Å²) in [5, 5.41) is 10.5. The Hall–Kier alpha value is -3.78. The molecule has 4 rings (SSSR count). The van der Waals surface area contributed by atoms with Crippen LogP contribution in [0.1, 0.15) is 6.42 Å². The molecule has 0 unspecified atom stereocenters. The second-order valence-electron chi connectivity index (χ2n) is 7.14. The minimum absolute atomic E-state index is 0.350. The molecule has 0 fully saturated rings. The van der Waals surface area contributed by atoms with Crippen molar-refractivity contribution in [1.82, 2.24) is 19.3 Å². The molecule has 0 aliphatic heterocycles. The van der Waals surface area contributed by atoms with Crippen LogP contribution in [-0.4, -0.2) is 32.0 Å². The first-order valence-electron chi connectivity index (χ1n) is 10.1. The summed E-state index contributed by atoms with van der Waals surface area (Å²) in [6, 6.07) is 14.0. The van der Waals surface area contributed by atoms with E-state index >= 15 is 0 Å². The average molecular weight is 451 g/mol. The van der Waals surface area contributed by atoms with Gasteiger partial charge in [-0.1, -0.05) is 11.6 Å². The smallest absolute Gasteiger partial charge is 0.323 e. The molecule has 4 aromatic rings. The number of hydrogen-bond donors (Lipinski definition) is 2. The minimum atomic E-state index is -0.350. The van der Waals surface area contributed by atoms with E-state index in [4.69, 9.17) is 16.3 Å². The molecule has 0 bridgehead atoms. The second-order valence-corrected chi connectivity index (χ2v) is 7.58. The summed E-state index contributed by atoms with van der Waals surface area (Å²) >= 11 is 5.89. The zero-order valence-corrected chi connectivity index (χ0v) is 18.3. The fourth-order valence-corrected chi connectivity index (χ4v) is 3.37. The molecule has 0 radical (unpaired) electrons. The maximum Gasteiger partial charge on any atom is 0.323 e. The van der Waals surface area contributed by atoms with Gasteiger partial charge in [-0.15, -0.1) is 0 Å². The summed E-state index contributed by atoms with van der Waals surface area (Å²) in [5.74, 6) is 0.725. The zero-order chi connectivity index (χ0) is 22.3. The van der Waals surface area contributed by atoms with Crippen LogP contribution in [0, 0.1) is 0 Å². The molecule has 32 heavy (non-hydrogen) atoms. The molecule has 2 amide bonds. The van der Waals surface area contributed by atoms with Crippen LogP contribution in [0.15, 0.2) is 73.4 Å². The van der Waals surface area contributed by atoms with Crippen molar-refractivity contribution in [2.24, 2.45) is 7.05 Å². The molecular formula is C23H23ClN6O2. The topological polar surface area (TPSA) is 86.0 Å². The third kappa shape index (κ3) is 5.47. The van der Waals surface area contributed by atoms with E-state index in [9.17, 15) is 4.79 Å². The first-order valence-corrected chi connectivity index (χ1v) is 10.5. The highest BCUT2D eigenvalue weighted by molar-refractivity contribution is 6.30. The van der Waals surface area contributed by atoms with E-state index in [-0.39, 0.29) is 6.03 Å². The van der Waals surface area contributed by atoms with Crippen molar-refractivity contribution in [2.45, 2.75) is 13.0 Å². The number of carbonyl (C=O) groups excluding carboxylic acids is 1. The molecule has 0 spiro atoms. The van der Waals surface area contributed by atoms with Crippen molar-refractivity contribution in [3.05, 3.63) is 78.5 Å². The van der Waals surface area contributed by atoms with E-state index in [1.807, 2.05) is 42.1 Å². The van der Waals surface area contributed by atoms with Gasteiger partial charge in [0, 0.05) is 54.1 Å². The lowest BCUT2D eigenvalue weighted by Crippen LogP contribution is -2.19. The highest BCUT2D eigenvalue weighted by Crippen LogP contribution is 2.32. The van der Waals surface area contributed by atoms with Gasteiger partial charge in [0.1, 0.15) is 5.75 Å². The zero-order valence-electron chi connectivity index (χ0n) is 17.5. The standard InChI is InChI=1S/C23H23ClN6O2/c1-29-21(9-10-26-29)20-15-19(28-23(31)27-18-5-3-17(24)4-6-18)7-8-22(20)32-14-2-12-30-13-11-25-16-30/h3-11,13,15-16H,2,12,14H2,1H3,(H2,27,28,31). The number of aromatic nitrogens is 4. The number of halogens is 1. The third-order valence-electron chi connectivity index (χ3n) is 4.81. The number of nitrogens with zero attached hydrogens (tertiary/aromatic N) is 4. The van der Waals surface area contributed by atoms with Gasteiger partial charge in [-0.25, -0.2) is 9.78 Å². The Bertz CT molecular complexity index is 1170. The summed E-state index contributed by atoms with van der Waals surface area (Å²) in [7, 11) is 1.87. The molecular weight excluding hydrogens is 428 g/mol. The van der Waals surface area contributed by atoms with Crippen molar-refractivity contribution in [3.63, 3.8) is 0 Å². The van der Waals surface area contributed by atoms with Crippen LogP contribution in [-0.2, 0) is 13.6 Å². The van der Waals surface area contributed by atoms with E-state index in [1.165, 1.54) is 0 Å². The van der Waals surface area contributed by atoms with Crippen LogP contribution in [0.4, 0.5) is 16.2 Å². The van der Waals surface area contributed by atoms with Gasteiger partial charge in [-0.3, -0.25) is 4.68 Å². The summed E-state index contributed by atoms with van der Waals surface area (Å²) in [5.41, 5.74) is 3.02. The van der Waals surface area contributed by atoms with Crippen LogP contribution in [0.3, 0.4) is 0 Å². The van der Waals surface area contributed by atoms with Gasteiger partial charge in [-0.2, -0.15) is 5.10 Å². The van der Waals surface area contributed by atoms with Crippen molar-refractivity contribution in [3.8, 4) is 17.0 Å². The molecule has 2 N–H and O–H groups in total. The Kier molecular flexibility index (Phi) is 6.72. The monoisotopic (exact) mass is 450 g/mol.